The number of rotatable bonds is 2. The van der Waals surface area contributed by atoms with E-state index in [1.165, 1.54) is 0 Å². The number of anilines is 1. The van der Waals surface area contributed by atoms with E-state index in [1.54, 1.807) is 18.2 Å². The molecule has 11 heavy (non-hydrogen) atoms. The summed E-state index contributed by atoms with van der Waals surface area (Å²) >= 11 is 0. The molecule has 0 aromatic heterocycles. The molecule has 1 amide bonds. The van der Waals surface area contributed by atoms with Crippen LogP contribution in [0.25, 0.3) is 0 Å². The van der Waals surface area contributed by atoms with Gasteiger partial charge in [-0.15, -0.1) is 0 Å². The summed E-state index contributed by atoms with van der Waals surface area (Å²) in [4.78, 5) is 10.2. The van der Waals surface area contributed by atoms with Crippen LogP contribution in [0.5, 0.6) is 0 Å². The minimum absolute atomic E-state index is 0.546. The van der Waals surface area contributed by atoms with Crippen LogP contribution in [0.4, 0.5) is 5.69 Å². The highest BCUT2D eigenvalue weighted by Crippen LogP contribution is 2.14. The maximum absolute atomic E-state index is 10.2. The van der Waals surface area contributed by atoms with Crippen LogP contribution in [0.3, 0.4) is 0 Å². The highest BCUT2D eigenvalue weighted by molar-refractivity contribution is 5.75. The normalized spacial score (nSPS) is 9.27. The molecule has 0 spiro atoms. The number of para-hydroxylation sites is 1. The van der Waals surface area contributed by atoms with E-state index in [9.17, 15) is 4.79 Å². The van der Waals surface area contributed by atoms with E-state index >= 15 is 0 Å². The second-order valence-electron chi connectivity index (χ2n) is 2.14. The lowest BCUT2D eigenvalue weighted by Crippen LogP contribution is -2.29. The van der Waals surface area contributed by atoms with Crippen LogP contribution < -0.4 is 10.9 Å². The van der Waals surface area contributed by atoms with Gasteiger partial charge in [0.1, 0.15) is 0 Å². The van der Waals surface area contributed by atoms with Crippen molar-refractivity contribution in [1.29, 1.82) is 0 Å². The molecule has 3 nitrogen and oxygen atoms in total. The van der Waals surface area contributed by atoms with E-state index in [1.807, 2.05) is 6.07 Å². The molecule has 0 saturated heterocycles. The Morgan fingerprint density at radius 3 is 2.64 bits per heavy atom. The number of hydrogen-bond donors (Lipinski definition) is 1. The standard InChI is InChI=1S/C8H9N2O/c1-7-4-2-3-5-8(7)10(9)6-11/h2-6H,1,9H2. The number of nitrogens with zero attached hydrogens (tertiary/aromatic N) is 1. The lowest BCUT2D eigenvalue weighted by molar-refractivity contribution is -0.107. The van der Waals surface area contributed by atoms with E-state index in [0.717, 1.165) is 10.6 Å². The topological polar surface area (TPSA) is 46.3 Å². The number of benzene rings is 1. The summed E-state index contributed by atoms with van der Waals surface area (Å²) in [5.41, 5.74) is 1.37. The summed E-state index contributed by atoms with van der Waals surface area (Å²) in [6.45, 7) is 3.71. The first-order valence-electron chi connectivity index (χ1n) is 3.16. The predicted molar refractivity (Wildman–Crippen MR) is 43.6 cm³/mol. The Hall–Kier alpha value is -1.35. The van der Waals surface area contributed by atoms with Crippen LogP contribution in [-0.2, 0) is 4.79 Å². The Balaban J connectivity index is 3.02. The minimum Gasteiger partial charge on any atom is -0.277 e. The van der Waals surface area contributed by atoms with Crippen LogP contribution in [0.15, 0.2) is 24.3 Å². The van der Waals surface area contributed by atoms with Crippen LogP contribution in [-0.4, -0.2) is 6.41 Å². The van der Waals surface area contributed by atoms with Crippen molar-refractivity contribution in [3.8, 4) is 0 Å². The van der Waals surface area contributed by atoms with Gasteiger partial charge in [-0.2, -0.15) is 0 Å². The molecule has 0 fully saturated rings. The predicted octanol–water partition coefficient (Wildman–Crippen LogP) is 0.705. The Morgan fingerprint density at radius 1 is 1.45 bits per heavy atom. The molecule has 0 saturated carbocycles. The quantitative estimate of drug-likeness (QED) is 0.291. The van der Waals surface area contributed by atoms with E-state index in [2.05, 4.69) is 6.92 Å². The van der Waals surface area contributed by atoms with Crippen LogP contribution in [0.1, 0.15) is 5.56 Å². The largest absolute Gasteiger partial charge is 0.277 e. The van der Waals surface area contributed by atoms with Gasteiger partial charge >= 0.3 is 0 Å². The summed E-state index contributed by atoms with van der Waals surface area (Å²) < 4.78 is 0. The van der Waals surface area contributed by atoms with Gasteiger partial charge in [-0.25, -0.2) is 5.84 Å². The monoisotopic (exact) mass is 149 g/mol. The highest BCUT2D eigenvalue weighted by Gasteiger charge is 2.00. The van der Waals surface area contributed by atoms with Gasteiger partial charge in [-0.05, 0) is 18.6 Å². The second-order valence-corrected chi connectivity index (χ2v) is 2.14. The zero-order chi connectivity index (χ0) is 8.27. The van der Waals surface area contributed by atoms with Gasteiger partial charge < -0.3 is 0 Å². The third-order valence-electron chi connectivity index (χ3n) is 1.38. The Labute approximate surface area is 65.4 Å². The van der Waals surface area contributed by atoms with Gasteiger partial charge in [0.25, 0.3) is 0 Å². The van der Waals surface area contributed by atoms with Crippen LogP contribution in [0, 0.1) is 6.92 Å². The number of carbonyl (C=O) groups is 1. The number of hydrazine groups is 1. The Morgan fingerprint density at radius 2 is 2.09 bits per heavy atom. The summed E-state index contributed by atoms with van der Waals surface area (Å²) in [7, 11) is 0. The van der Waals surface area contributed by atoms with Gasteiger partial charge in [0.05, 0.1) is 5.69 Å². The van der Waals surface area contributed by atoms with Crippen molar-refractivity contribution < 1.29 is 4.79 Å². The van der Waals surface area contributed by atoms with Crippen LogP contribution >= 0.6 is 0 Å². The van der Waals surface area contributed by atoms with Crippen molar-refractivity contribution in [2.75, 3.05) is 5.01 Å². The van der Waals surface area contributed by atoms with Crippen molar-refractivity contribution in [3.05, 3.63) is 36.8 Å². The molecule has 0 atom stereocenters. The summed E-state index contributed by atoms with van der Waals surface area (Å²) in [6.07, 6.45) is 0.546. The average Bonchev–Trinajstić information content (AvgIpc) is 2.04. The fourth-order valence-corrected chi connectivity index (χ4v) is 0.819. The minimum atomic E-state index is 0.546. The number of carbonyl (C=O) groups excluding carboxylic acids is 1. The van der Waals surface area contributed by atoms with Gasteiger partial charge in [0.15, 0.2) is 0 Å². The Kier molecular flexibility index (Phi) is 2.23. The lowest BCUT2D eigenvalue weighted by atomic mass is 10.2. The first-order chi connectivity index (χ1) is 5.25. The molecule has 0 aliphatic rings. The van der Waals surface area contributed by atoms with Crippen molar-refractivity contribution in [2.24, 2.45) is 5.84 Å². The lowest BCUT2D eigenvalue weighted by Gasteiger charge is -2.11. The molecule has 0 heterocycles. The first-order valence-corrected chi connectivity index (χ1v) is 3.16. The highest BCUT2D eigenvalue weighted by atomic mass is 16.1. The first kappa shape index (κ1) is 7.75. The fraction of sp³-hybridized carbons (Fsp3) is 0. The van der Waals surface area contributed by atoms with Gasteiger partial charge in [0, 0.05) is 0 Å². The van der Waals surface area contributed by atoms with Gasteiger partial charge in [0.2, 0.25) is 6.41 Å². The van der Waals surface area contributed by atoms with Gasteiger partial charge in [-0.1, -0.05) is 18.2 Å². The Bertz CT molecular complexity index is 260. The number of amides is 1. The molecule has 0 aliphatic heterocycles. The zero-order valence-electron chi connectivity index (χ0n) is 6.03. The zero-order valence-corrected chi connectivity index (χ0v) is 6.03. The smallest absolute Gasteiger partial charge is 0.228 e. The molecule has 57 valence electrons. The molecule has 0 aliphatic carbocycles. The maximum Gasteiger partial charge on any atom is 0.228 e. The summed E-state index contributed by atoms with van der Waals surface area (Å²) in [5.74, 6) is 5.32. The summed E-state index contributed by atoms with van der Waals surface area (Å²) in [5, 5.41) is 1.00. The third-order valence-corrected chi connectivity index (χ3v) is 1.38. The molecule has 0 bridgehead atoms. The molecule has 1 rings (SSSR count). The molecule has 0 unspecified atom stereocenters. The molecule has 1 aromatic carbocycles. The number of nitrogens with two attached hydrogens (primary N) is 1. The molecule has 3 heteroatoms. The van der Waals surface area contributed by atoms with Crippen molar-refractivity contribution >= 4 is 12.1 Å². The SMILES string of the molecule is [CH2]c1ccccc1N(N)C=O. The van der Waals surface area contributed by atoms with Crippen molar-refractivity contribution in [2.45, 2.75) is 0 Å². The third kappa shape index (κ3) is 1.56. The average molecular weight is 149 g/mol. The molecule has 2 N–H and O–H groups in total. The molecule has 1 radical (unpaired) electrons. The second kappa shape index (κ2) is 3.16. The van der Waals surface area contributed by atoms with E-state index in [0.29, 0.717) is 12.1 Å². The summed E-state index contributed by atoms with van der Waals surface area (Å²) in [6, 6.07) is 7.16. The van der Waals surface area contributed by atoms with Crippen molar-refractivity contribution in [3.63, 3.8) is 0 Å². The molecule has 1 aromatic rings. The molecular weight excluding hydrogens is 140 g/mol. The van der Waals surface area contributed by atoms with E-state index in [-0.39, 0.29) is 0 Å². The van der Waals surface area contributed by atoms with E-state index < -0.39 is 0 Å². The van der Waals surface area contributed by atoms with E-state index in [4.69, 9.17) is 5.84 Å². The fourth-order valence-electron chi connectivity index (χ4n) is 0.819. The number of hydrogen-bond acceptors (Lipinski definition) is 2. The van der Waals surface area contributed by atoms with Crippen LogP contribution in [0.2, 0.25) is 0 Å². The van der Waals surface area contributed by atoms with Crippen molar-refractivity contribution in [1.82, 2.24) is 0 Å². The maximum atomic E-state index is 10.2. The van der Waals surface area contributed by atoms with Gasteiger partial charge in [-0.3, -0.25) is 9.80 Å². The molecular formula is C8H9N2O.